The van der Waals surface area contributed by atoms with Crippen LogP contribution in [-0.4, -0.2) is 18.2 Å². The molecule has 0 spiro atoms. The Bertz CT molecular complexity index is 603. The maximum atomic E-state index is 13.4. The van der Waals surface area contributed by atoms with E-state index in [9.17, 15) is 9.18 Å². The van der Waals surface area contributed by atoms with Crippen molar-refractivity contribution in [3.8, 4) is 0 Å². The summed E-state index contributed by atoms with van der Waals surface area (Å²) < 4.78 is 13.4. The molecule has 0 unspecified atom stereocenters. The molecule has 0 saturated heterocycles. The third-order valence-corrected chi connectivity index (χ3v) is 4.11. The molecule has 0 aliphatic carbocycles. The molecule has 0 radical (unpaired) electrons. The first-order valence-corrected chi connectivity index (χ1v) is 8.05. The van der Waals surface area contributed by atoms with E-state index < -0.39 is 5.82 Å². The van der Waals surface area contributed by atoms with Gasteiger partial charge in [-0.2, -0.15) is 11.8 Å². The second kappa shape index (κ2) is 8.05. The van der Waals surface area contributed by atoms with E-state index in [0.717, 1.165) is 16.5 Å². The number of carbonyl (C=O) groups is 1. The number of thioether (sulfide) groups is 1. The van der Waals surface area contributed by atoms with Gasteiger partial charge in [-0.15, -0.1) is 0 Å². The van der Waals surface area contributed by atoms with Crippen LogP contribution in [0.4, 0.5) is 4.39 Å². The van der Waals surface area contributed by atoms with Crippen LogP contribution in [0.3, 0.4) is 0 Å². The Kier molecular flexibility index (Phi) is 6.08. The van der Waals surface area contributed by atoms with E-state index in [1.165, 1.54) is 17.7 Å². The summed E-state index contributed by atoms with van der Waals surface area (Å²) in [6.07, 6.45) is 0. The van der Waals surface area contributed by atoms with Crippen molar-refractivity contribution in [2.45, 2.75) is 5.75 Å². The molecule has 21 heavy (non-hydrogen) atoms. The summed E-state index contributed by atoms with van der Waals surface area (Å²) in [5.74, 6) is 0.749. The van der Waals surface area contributed by atoms with E-state index in [1.807, 2.05) is 24.3 Å². The summed E-state index contributed by atoms with van der Waals surface area (Å²) in [6.45, 7) is 0.505. The van der Waals surface area contributed by atoms with Crippen molar-refractivity contribution in [3.63, 3.8) is 0 Å². The largest absolute Gasteiger partial charge is 0.351 e. The Labute approximate surface area is 132 Å². The van der Waals surface area contributed by atoms with Gasteiger partial charge in [-0.05, 0) is 29.8 Å². The Balaban J connectivity index is 1.69. The number of rotatable bonds is 6. The van der Waals surface area contributed by atoms with E-state index >= 15 is 0 Å². The SMILES string of the molecule is O=C(NCCSCc1ccc(Cl)cc1)c1ccccc1F. The Morgan fingerprint density at radius 1 is 1.14 bits per heavy atom. The lowest BCUT2D eigenvalue weighted by Gasteiger charge is -2.06. The molecule has 110 valence electrons. The fourth-order valence-electron chi connectivity index (χ4n) is 1.75. The maximum Gasteiger partial charge on any atom is 0.254 e. The number of nitrogens with one attached hydrogen (secondary N) is 1. The van der Waals surface area contributed by atoms with Crippen molar-refractivity contribution in [2.75, 3.05) is 12.3 Å². The predicted octanol–water partition coefficient (Wildman–Crippen LogP) is 4.14. The predicted molar refractivity (Wildman–Crippen MR) is 86.3 cm³/mol. The second-order valence-electron chi connectivity index (χ2n) is 4.41. The molecule has 2 nitrogen and oxygen atoms in total. The molecule has 2 rings (SSSR count). The van der Waals surface area contributed by atoms with Crippen molar-refractivity contribution < 1.29 is 9.18 Å². The monoisotopic (exact) mass is 323 g/mol. The lowest BCUT2D eigenvalue weighted by molar-refractivity contribution is 0.0952. The third kappa shape index (κ3) is 5.06. The van der Waals surface area contributed by atoms with Gasteiger partial charge >= 0.3 is 0 Å². The van der Waals surface area contributed by atoms with Crippen LogP contribution < -0.4 is 5.32 Å². The van der Waals surface area contributed by atoms with E-state index in [1.54, 1.807) is 23.9 Å². The van der Waals surface area contributed by atoms with Crippen LogP contribution in [0.15, 0.2) is 48.5 Å². The number of carbonyl (C=O) groups excluding carboxylic acids is 1. The van der Waals surface area contributed by atoms with Crippen LogP contribution >= 0.6 is 23.4 Å². The summed E-state index contributed by atoms with van der Waals surface area (Å²) in [7, 11) is 0. The zero-order chi connectivity index (χ0) is 15.1. The molecule has 0 heterocycles. The summed E-state index contributed by atoms with van der Waals surface area (Å²) in [5.41, 5.74) is 1.27. The van der Waals surface area contributed by atoms with Gasteiger partial charge < -0.3 is 5.32 Å². The fraction of sp³-hybridized carbons (Fsp3) is 0.188. The lowest BCUT2D eigenvalue weighted by atomic mass is 10.2. The van der Waals surface area contributed by atoms with Gasteiger partial charge in [-0.25, -0.2) is 4.39 Å². The smallest absolute Gasteiger partial charge is 0.254 e. The number of halogens is 2. The van der Waals surface area contributed by atoms with Crippen LogP contribution in [0.1, 0.15) is 15.9 Å². The fourth-order valence-corrected chi connectivity index (χ4v) is 2.69. The highest BCUT2D eigenvalue weighted by molar-refractivity contribution is 7.98. The third-order valence-electron chi connectivity index (χ3n) is 2.83. The zero-order valence-electron chi connectivity index (χ0n) is 11.3. The highest BCUT2D eigenvalue weighted by atomic mass is 35.5. The maximum absolute atomic E-state index is 13.4. The minimum atomic E-state index is -0.496. The minimum absolute atomic E-state index is 0.0835. The first-order chi connectivity index (χ1) is 10.2. The van der Waals surface area contributed by atoms with Crippen molar-refractivity contribution in [3.05, 3.63) is 70.5 Å². The van der Waals surface area contributed by atoms with Crippen LogP contribution in [0.25, 0.3) is 0 Å². The molecule has 0 bridgehead atoms. The first kappa shape index (κ1) is 15.9. The highest BCUT2D eigenvalue weighted by Crippen LogP contribution is 2.15. The van der Waals surface area contributed by atoms with Crippen LogP contribution in [-0.2, 0) is 5.75 Å². The molecule has 0 aromatic heterocycles. The summed E-state index contributed by atoms with van der Waals surface area (Å²) in [5, 5.41) is 3.44. The Hall–Kier alpha value is -1.52. The summed E-state index contributed by atoms with van der Waals surface area (Å²) >= 11 is 7.52. The summed E-state index contributed by atoms with van der Waals surface area (Å²) in [6, 6.07) is 13.6. The molecular weight excluding hydrogens is 309 g/mol. The van der Waals surface area contributed by atoms with Crippen LogP contribution in [0.2, 0.25) is 5.02 Å². The van der Waals surface area contributed by atoms with Gasteiger partial charge in [0.1, 0.15) is 5.82 Å². The van der Waals surface area contributed by atoms with Crippen molar-refractivity contribution >= 4 is 29.3 Å². The van der Waals surface area contributed by atoms with Gasteiger partial charge in [0.25, 0.3) is 5.91 Å². The minimum Gasteiger partial charge on any atom is -0.351 e. The lowest BCUT2D eigenvalue weighted by Crippen LogP contribution is -2.26. The Morgan fingerprint density at radius 2 is 1.86 bits per heavy atom. The van der Waals surface area contributed by atoms with Crippen molar-refractivity contribution in [2.24, 2.45) is 0 Å². The number of hydrogen-bond acceptors (Lipinski definition) is 2. The average Bonchev–Trinajstić information content (AvgIpc) is 2.49. The molecule has 0 atom stereocenters. The highest BCUT2D eigenvalue weighted by Gasteiger charge is 2.09. The molecule has 2 aromatic carbocycles. The van der Waals surface area contributed by atoms with Gasteiger partial charge in [0.2, 0.25) is 0 Å². The van der Waals surface area contributed by atoms with Gasteiger partial charge in [-0.3, -0.25) is 4.79 Å². The van der Waals surface area contributed by atoms with E-state index in [0.29, 0.717) is 6.54 Å². The molecule has 2 aromatic rings. The van der Waals surface area contributed by atoms with Gasteiger partial charge in [0.15, 0.2) is 0 Å². The first-order valence-electron chi connectivity index (χ1n) is 6.52. The summed E-state index contributed by atoms with van der Waals surface area (Å²) in [4.78, 5) is 11.8. The van der Waals surface area contributed by atoms with E-state index in [-0.39, 0.29) is 11.5 Å². The molecule has 0 saturated carbocycles. The number of benzene rings is 2. The van der Waals surface area contributed by atoms with E-state index in [4.69, 9.17) is 11.6 Å². The van der Waals surface area contributed by atoms with Gasteiger partial charge in [-0.1, -0.05) is 35.9 Å². The van der Waals surface area contributed by atoms with Crippen molar-refractivity contribution in [1.82, 2.24) is 5.32 Å². The van der Waals surface area contributed by atoms with Crippen LogP contribution in [0, 0.1) is 5.82 Å². The Morgan fingerprint density at radius 3 is 2.57 bits per heavy atom. The molecule has 1 amide bonds. The van der Waals surface area contributed by atoms with Crippen LogP contribution in [0.5, 0.6) is 0 Å². The molecule has 0 fully saturated rings. The van der Waals surface area contributed by atoms with Gasteiger partial charge in [0.05, 0.1) is 5.56 Å². The number of amides is 1. The molecular formula is C16H15ClFNOS. The molecule has 0 aliphatic heterocycles. The second-order valence-corrected chi connectivity index (χ2v) is 5.96. The standard InChI is InChI=1S/C16H15ClFNOS/c17-13-7-5-12(6-8-13)11-21-10-9-19-16(20)14-3-1-2-4-15(14)18/h1-8H,9-11H2,(H,19,20). The van der Waals surface area contributed by atoms with Gasteiger partial charge in [0, 0.05) is 23.1 Å². The topological polar surface area (TPSA) is 29.1 Å². The molecule has 1 N–H and O–H groups in total. The quantitative estimate of drug-likeness (QED) is 0.809. The average molecular weight is 324 g/mol. The molecule has 5 heteroatoms. The molecule has 0 aliphatic rings. The number of hydrogen-bond donors (Lipinski definition) is 1. The zero-order valence-corrected chi connectivity index (χ0v) is 12.9. The van der Waals surface area contributed by atoms with E-state index in [2.05, 4.69) is 5.32 Å². The normalized spacial score (nSPS) is 10.4. The van der Waals surface area contributed by atoms with Crippen molar-refractivity contribution in [1.29, 1.82) is 0 Å².